The predicted octanol–water partition coefficient (Wildman–Crippen LogP) is 2.25. The van der Waals surface area contributed by atoms with Crippen molar-refractivity contribution >= 4 is 29.0 Å². The Bertz CT molecular complexity index is 1810. The molecule has 14 nitrogen and oxygen atoms in total. The van der Waals surface area contributed by atoms with Gasteiger partial charge in [0.2, 0.25) is 23.8 Å². The highest BCUT2D eigenvalue weighted by molar-refractivity contribution is 5.88. The minimum absolute atomic E-state index is 0.0111. The number of carbonyl (C=O) groups is 2. The number of benzene rings is 3. The predicted molar refractivity (Wildman–Crippen MR) is 153 cm³/mol. The van der Waals surface area contributed by atoms with Gasteiger partial charge in [-0.2, -0.15) is 0 Å². The maximum Gasteiger partial charge on any atom is 0.333 e. The zero-order valence-corrected chi connectivity index (χ0v) is 23.3. The largest absolute Gasteiger partial charge is 0.508 e. The van der Waals surface area contributed by atoms with Gasteiger partial charge in [-0.1, -0.05) is 12.1 Å². The van der Waals surface area contributed by atoms with Crippen LogP contribution < -0.4 is 10.2 Å². The maximum atomic E-state index is 13.7. The van der Waals surface area contributed by atoms with Crippen LogP contribution in [-0.4, -0.2) is 73.5 Å². The number of aliphatic hydroxyl groups is 2. The molecule has 6 N–H and O–H groups in total. The van der Waals surface area contributed by atoms with Gasteiger partial charge in [-0.05, 0) is 48.0 Å². The first-order valence-electron chi connectivity index (χ1n) is 13.3. The van der Waals surface area contributed by atoms with Gasteiger partial charge >= 0.3 is 11.9 Å². The molecule has 1 fully saturated rings. The molecule has 3 aromatic carbocycles. The van der Waals surface area contributed by atoms with E-state index in [1.165, 1.54) is 54.6 Å². The summed E-state index contributed by atoms with van der Waals surface area (Å²) in [6.45, 7) is 1.01. The van der Waals surface area contributed by atoms with Crippen LogP contribution >= 0.6 is 0 Å². The fourth-order valence-corrected chi connectivity index (χ4v) is 4.53. The summed E-state index contributed by atoms with van der Waals surface area (Å²) in [6.07, 6.45) is -7.13. The van der Waals surface area contributed by atoms with E-state index in [0.29, 0.717) is 5.56 Å². The van der Waals surface area contributed by atoms with E-state index >= 15 is 0 Å². The molecule has 234 valence electrons. The molecule has 2 heterocycles. The normalized spacial score (nSPS) is 21.4. The molecule has 45 heavy (non-hydrogen) atoms. The Morgan fingerprint density at radius 2 is 1.44 bits per heavy atom. The summed E-state index contributed by atoms with van der Waals surface area (Å²) in [6, 6.07) is 13.1. The van der Waals surface area contributed by atoms with Gasteiger partial charge in [0.25, 0.3) is 0 Å². The lowest BCUT2D eigenvalue weighted by Gasteiger charge is -2.40. The number of aromatic hydroxyl groups is 4. The van der Waals surface area contributed by atoms with E-state index in [1.807, 2.05) is 0 Å². The van der Waals surface area contributed by atoms with E-state index in [-0.39, 0.29) is 28.4 Å². The molecule has 1 aliphatic rings. The molecule has 4 aromatic rings. The van der Waals surface area contributed by atoms with Gasteiger partial charge in [-0.3, -0.25) is 14.3 Å². The molecule has 1 aliphatic heterocycles. The standard InChI is InChI=1S/C31H26O14/c1-14(32)41-28-25(39)30(43-22(37)11-4-15-2-7-17(33)8-3-15)45-31(26(28)40)44-29-24(38)23-20(36)12-19(35)13-21(23)42-27(29)16-5-9-18(34)10-6-16/h2-13,25-26,28,30-31,33-36,39-40H,1H3/b11-4+/t25-,26+,28-,30-,31+/m0/s1. The Hall–Kier alpha value is -5.57. The Morgan fingerprint density at radius 1 is 0.822 bits per heavy atom. The van der Waals surface area contributed by atoms with Gasteiger partial charge in [-0.15, -0.1) is 0 Å². The molecule has 5 atom stereocenters. The summed E-state index contributed by atoms with van der Waals surface area (Å²) >= 11 is 0. The van der Waals surface area contributed by atoms with Gasteiger partial charge in [-0.25, -0.2) is 4.79 Å². The van der Waals surface area contributed by atoms with Gasteiger partial charge in [0.05, 0.1) is 0 Å². The van der Waals surface area contributed by atoms with Crippen molar-refractivity contribution in [1.82, 2.24) is 0 Å². The number of hydrogen-bond donors (Lipinski definition) is 6. The lowest BCUT2D eigenvalue weighted by Crippen LogP contribution is -2.61. The van der Waals surface area contributed by atoms with Gasteiger partial charge < -0.3 is 49.3 Å². The minimum Gasteiger partial charge on any atom is -0.508 e. The number of carbonyl (C=O) groups excluding carboxylic acids is 2. The molecule has 0 unspecified atom stereocenters. The van der Waals surface area contributed by atoms with Crippen LogP contribution in [-0.2, 0) is 23.8 Å². The number of phenolic OH excluding ortho intramolecular Hbond substituents is 4. The molecule has 0 radical (unpaired) electrons. The first-order valence-corrected chi connectivity index (χ1v) is 13.3. The SMILES string of the molecule is CC(=O)O[C@H]1[C@H](O)[C@@H](OC(=O)/C=C/c2ccc(O)cc2)O[C@@H](Oc2c(-c3ccc(O)cc3)oc3cc(O)cc(O)c3c2=O)[C@@H]1O. The molecule has 0 saturated carbocycles. The van der Waals surface area contributed by atoms with Crippen LogP contribution in [0.1, 0.15) is 12.5 Å². The first-order chi connectivity index (χ1) is 21.4. The average molecular weight is 623 g/mol. The second-order valence-corrected chi connectivity index (χ2v) is 9.88. The topological polar surface area (TPSA) is 223 Å². The molecule has 0 aliphatic carbocycles. The van der Waals surface area contributed by atoms with Crippen LogP contribution in [0.4, 0.5) is 0 Å². The summed E-state index contributed by atoms with van der Waals surface area (Å²) in [5, 5.41) is 60.9. The molecular weight excluding hydrogens is 596 g/mol. The third kappa shape index (κ3) is 6.67. The third-order valence-electron chi connectivity index (χ3n) is 6.62. The lowest BCUT2D eigenvalue weighted by molar-refractivity contribution is -0.324. The van der Waals surface area contributed by atoms with E-state index in [2.05, 4.69) is 0 Å². The highest BCUT2D eigenvalue weighted by Crippen LogP contribution is 2.37. The number of ether oxygens (including phenoxy) is 4. The molecule has 0 bridgehead atoms. The number of rotatable bonds is 7. The molecule has 5 rings (SSSR count). The molecule has 0 amide bonds. The van der Waals surface area contributed by atoms with Gasteiger partial charge in [0.1, 0.15) is 34.0 Å². The van der Waals surface area contributed by atoms with Gasteiger partial charge in [0.15, 0.2) is 24.1 Å². The Balaban J connectivity index is 1.52. The van der Waals surface area contributed by atoms with Crippen molar-refractivity contribution < 1.29 is 63.6 Å². The zero-order chi connectivity index (χ0) is 32.4. The number of aliphatic hydroxyl groups excluding tert-OH is 2. The van der Waals surface area contributed by atoms with Crippen LogP contribution in [0.3, 0.4) is 0 Å². The molecule has 14 heteroatoms. The number of esters is 2. The van der Waals surface area contributed by atoms with Crippen molar-refractivity contribution in [3.8, 4) is 40.1 Å². The smallest absolute Gasteiger partial charge is 0.333 e. The van der Waals surface area contributed by atoms with E-state index in [1.54, 1.807) is 0 Å². The van der Waals surface area contributed by atoms with E-state index in [4.69, 9.17) is 23.4 Å². The summed E-state index contributed by atoms with van der Waals surface area (Å²) in [7, 11) is 0. The fraction of sp³-hybridized carbons (Fsp3) is 0.194. The molecule has 0 spiro atoms. The highest BCUT2D eigenvalue weighted by Gasteiger charge is 2.50. The molecule has 1 saturated heterocycles. The van der Waals surface area contributed by atoms with Crippen molar-refractivity contribution in [2.24, 2.45) is 0 Å². The third-order valence-corrected chi connectivity index (χ3v) is 6.62. The lowest BCUT2D eigenvalue weighted by atomic mass is 10.0. The second-order valence-electron chi connectivity index (χ2n) is 9.88. The number of phenols is 4. The van der Waals surface area contributed by atoms with Crippen LogP contribution in [0.25, 0.3) is 28.4 Å². The Kier molecular flexibility index (Phi) is 8.63. The van der Waals surface area contributed by atoms with Crippen LogP contribution in [0, 0.1) is 0 Å². The first kappa shape index (κ1) is 30.9. The van der Waals surface area contributed by atoms with Gasteiger partial charge in [0, 0.05) is 30.7 Å². The second kappa shape index (κ2) is 12.6. The zero-order valence-electron chi connectivity index (χ0n) is 23.3. The van der Waals surface area contributed by atoms with Crippen molar-refractivity contribution in [1.29, 1.82) is 0 Å². The van der Waals surface area contributed by atoms with Crippen LogP contribution in [0.5, 0.6) is 28.7 Å². The van der Waals surface area contributed by atoms with E-state index < -0.39 is 70.9 Å². The van der Waals surface area contributed by atoms with Crippen molar-refractivity contribution in [3.63, 3.8) is 0 Å². The van der Waals surface area contributed by atoms with Crippen molar-refractivity contribution in [2.45, 2.75) is 37.8 Å². The molecule has 1 aromatic heterocycles. The van der Waals surface area contributed by atoms with E-state index in [0.717, 1.165) is 25.1 Å². The fourth-order valence-electron chi connectivity index (χ4n) is 4.53. The summed E-state index contributed by atoms with van der Waals surface area (Å²) in [5.74, 6) is -4.04. The highest BCUT2D eigenvalue weighted by atomic mass is 16.8. The van der Waals surface area contributed by atoms with Crippen LogP contribution in [0.2, 0.25) is 0 Å². The Morgan fingerprint density at radius 3 is 2.09 bits per heavy atom. The quantitative estimate of drug-likeness (QED) is 0.129. The Labute approximate surface area is 253 Å². The molecular formula is C31H26O14. The number of hydrogen-bond acceptors (Lipinski definition) is 14. The van der Waals surface area contributed by atoms with Crippen molar-refractivity contribution in [2.75, 3.05) is 0 Å². The average Bonchev–Trinajstić information content (AvgIpc) is 2.98. The summed E-state index contributed by atoms with van der Waals surface area (Å²) in [4.78, 5) is 38.1. The monoisotopic (exact) mass is 622 g/mol. The van der Waals surface area contributed by atoms with Crippen LogP contribution in [0.15, 0.2) is 76.0 Å². The maximum absolute atomic E-state index is 13.7. The van der Waals surface area contributed by atoms with E-state index in [9.17, 15) is 45.0 Å². The minimum atomic E-state index is -1.96. The summed E-state index contributed by atoms with van der Waals surface area (Å²) < 4.78 is 27.4. The van der Waals surface area contributed by atoms with Crippen molar-refractivity contribution in [3.05, 3.63) is 82.5 Å². The summed E-state index contributed by atoms with van der Waals surface area (Å²) in [5.41, 5.74) is -0.522. The number of fused-ring (bicyclic) bond motifs is 1.